The predicted molar refractivity (Wildman–Crippen MR) is 57.7 cm³/mol. The van der Waals surface area contributed by atoms with Crippen LogP contribution < -0.4 is 5.73 Å². The van der Waals surface area contributed by atoms with Crippen molar-refractivity contribution in [1.82, 2.24) is 0 Å². The van der Waals surface area contributed by atoms with Crippen molar-refractivity contribution in [1.29, 1.82) is 0 Å². The number of carbonyl (C=O) groups is 1. The molecule has 0 amide bonds. The van der Waals surface area contributed by atoms with Crippen LogP contribution in [0, 0.1) is 0 Å². The number of halogens is 1. The number of hydrogen-bond acceptors (Lipinski definition) is 2. The van der Waals surface area contributed by atoms with Crippen LogP contribution in [0.2, 0.25) is 0 Å². The van der Waals surface area contributed by atoms with Crippen molar-refractivity contribution in [2.75, 3.05) is 0 Å². The largest absolute Gasteiger partial charge is 0.480 e. The van der Waals surface area contributed by atoms with E-state index in [1.54, 1.807) is 0 Å². The van der Waals surface area contributed by atoms with Gasteiger partial charge in [0, 0.05) is 5.92 Å². The lowest BCUT2D eigenvalue weighted by Gasteiger charge is -2.15. The van der Waals surface area contributed by atoms with Crippen LogP contribution in [0.15, 0.2) is 30.3 Å². The van der Waals surface area contributed by atoms with Crippen molar-refractivity contribution in [3.05, 3.63) is 35.9 Å². The first-order valence-electron chi connectivity index (χ1n) is 4.16. The summed E-state index contributed by atoms with van der Waals surface area (Å²) in [6.45, 7) is 1.81. The van der Waals surface area contributed by atoms with Crippen molar-refractivity contribution >= 4 is 18.4 Å². The van der Waals surface area contributed by atoms with Crippen molar-refractivity contribution < 1.29 is 9.90 Å². The van der Waals surface area contributed by atoms with Crippen molar-refractivity contribution in [3.8, 4) is 0 Å². The molecule has 0 aliphatic rings. The standard InChI is InChI=1S/C10H13NO2.ClH/c1-7(9(11)10(12)13)8-5-3-2-4-6-8;/h2-7,9H,11H2,1H3,(H,12,13);1H/t7-,9-;/m1./s1. The summed E-state index contributed by atoms with van der Waals surface area (Å²) in [5, 5.41) is 8.69. The average Bonchev–Trinajstić information content (AvgIpc) is 2.17. The topological polar surface area (TPSA) is 63.3 Å². The molecular formula is C10H14ClNO2. The van der Waals surface area contributed by atoms with Crippen LogP contribution in [-0.2, 0) is 4.79 Å². The Hall–Kier alpha value is -1.06. The van der Waals surface area contributed by atoms with Crippen LogP contribution in [0.25, 0.3) is 0 Å². The van der Waals surface area contributed by atoms with E-state index in [4.69, 9.17) is 10.8 Å². The molecule has 0 saturated heterocycles. The number of aliphatic carboxylic acids is 1. The van der Waals surface area contributed by atoms with Crippen LogP contribution in [-0.4, -0.2) is 17.1 Å². The van der Waals surface area contributed by atoms with Gasteiger partial charge in [-0.1, -0.05) is 37.3 Å². The van der Waals surface area contributed by atoms with Gasteiger partial charge < -0.3 is 10.8 Å². The molecule has 3 nitrogen and oxygen atoms in total. The fraction of sp³-hybridized carbons (Fsp3) is 0.300. The number of hydrogen-bond donors (Lipinski definition) is 2. The number of carboxylic acids is 1. The van der Waals surface area contributed by atoms with E-state index in [1.165, 1.54) is 0 Å². The van der Waals surface area contributed by atoms with Crippen LogP contribution in [0.4, 0.5) is 0 Å². The third-order valence-corrected chi connectivity index (χ3v) is 2.15. The van der Waals surface area contributed by atoms with Gasteiger partial charge in [-0.15, -0.1) is 12.4 Å². The third-order valence-electron chi connectivity index (χ3n) is 2.15. The first-order valence-corrected chi connectivity index (χ1v) is 4.16. The van der Waals surface area contributed by atoms with E-state index >= 15 is 0 Å². The van der Waals surface area contributed by atoms with E-state index < -0.39 is 12.0 Å². The van der Waals surface area contributed by atoms with Crippen LogP contribution in [0.5, 0.6) is 0 Å². The van der Waals surface area contributed by atoms with Gasteiger partial charge in [0.25, 0.3) is 0 Å². The number of benzene rings is 1. The number of carboxylic acid groups (broad SMARTS) is 1. The molecule has 14 heavy (non-hydrogen) atoms. The van der Waals surface area contributed by atoms with E-state index in [9.17, 15) is 4.79 Å². The van der Waals surface area contributed by atoms with Crippen molar-refractivity contribution in [3.63, 3.8) is 0 Å². The van der Waals surface area contributed by atoms with E-state index in [0.29, 0.717) is 0 Å². The van der Waals surface area contributed by atoms with Crippen LogP contribution in [0.1, 0.15) is 18.4 Å². The minimum atomic E-state index is -0.962. The summed E-state index contributed by atoms with van der Waals surface area (Å²) in [4.78, 5) is 10.6. The highest BCUT2D eigenvalue weighted by atomic mass is 35.5. The second-order valence-corrected chi connectivity index (χ2v) is 3.06. The lowest BCUT2D eigenvalue weighted by Crippen LogP contribution is -2.35. The Kier molecular flexibility index (Phi) is 5.20. The maximum atomic E-state index is 10.6. The number of rotatable bonds is 3. The lowest BCUT2D eigenvalue weighted by atomic mass is 9.94. The molecule has 0 heterocycles. The molecular weight excluding hydrogens is 202 g/mol. The van der Waals surface area contributed by atoms with Crippen LogP contribution in [0.3, 0.4) is 0 Å². The molecule has 1 rings (SSSR count). The molecule has 0 radical (unpaired) electrons. The molecule has 78 valence electrons. The van der Waals surface area contributed by atoms with E-state index in [0.717, 1.165) is 5.56 Å². The SMILES string of the molecule is C[C@H](c1ccccc1)[C@@H](N)C(=O)O.Cl. The van der Waals surface area contributed by atoms with Gasteiger partial charge in [0.1, 0.15) is 6.04 Å². The van der Waals surface area contributed by atoms with Gasteiger partial charge in [-0.3, -0.25) is 4.79 Å². The minimum absolute atomic E-state index is 0. The van der Waals surface area contributed by atoms with Crippen molar-refractivity contribution in [2.24, 2.45) is 5.73 Å². The van der Waals surface area contributed by atoms with E-state index in [1.807, 2.05) is 37.3 Å². The summed E-state index contributed by atoms with van der Waals surface area (Å²) in [5.41, 5.74) is 6.45. The maximum Gasteiger partial charge on any atom is 0.321 e. The van der Waals surface area contributed by atoms with E-state index in [-0.39, 0.29) is 18.3 Å². The van der Waals surface area contributed by atoms with Gasteiger partial charge >= 0.3 is 5.97 Å². The Labute approximate surface area is 89.3 Å². The molecule has 1 aromatic rings. The predicted octanol–water partition coefficient (Wildman–Crippen LogP) is 1.62. The van der Waals surface area contributed by atoms with Gasteiger partial charge in [-0.2, -0.15) is 0 Å². The first-order chi connectivity index (χ1) is 6.13. The molecule has 0 aliphatic heterocycles. The molecule has 0 unspecified atom stereocenters. The highest BCUT2D eigenvalue weighted by Crippen LogP contribution is 2.17. The molecule has 0 fully saturated rings. The Balaban J connectivity index is 0.00000169. The van der Waals surface area contributed by atoms with Crippen molar-refractivity contribution in [2.45, 2.75) is 18.9 Å². The third kappa shape index (κ3) is 3.01. The molecule has 0 aromatic heterocycles. The second kappa shape index (κ2) is 5.62. The zero-order valence-corrected chi connectivity index (χ0v) is 8.70. The molecule has 3 N–H and O–H groups in total. The highest BCUT2D eigenvalue weighted by Gasteiger charge is 2.20. The van der Waals surface area contributed by atoms with Crippen LogP contribution >= 0.6 is 12.4 Å². The van der Waals surface area contributed by atoms with Gasteiger partial charge in [-0.05, 0) is 5.56 Å². The van der Waals surface area contributed by atoms with Gasteiger partial charge in [0.15, 0.2) is 0 Å². The molecule has 0 aliphatic carbocycles. The fourth-order valence-electron chi connectivity index (χ4n) is 1.18. The quantitative estimate of drug-likeness (QED) is 0.806. The summed E-state index contributed by atoms with van der Waals surface area (Å²) in [7, 11) is 0. The minimum Gasteiger partial charge on any atom is -0.480 e. The van der Waals surface area contributed by atoms with Gasteiger partial charge in [0.2, 0.25) is 0 Å². The molecule has 0 bridgehead atoms. The summed E-state index contributed by atoms with van der Waals surface area (Å²) in [6, 6.07) is 8.58. The molecule has 0 saturated carbocycles. The highest BCUT2D eigenvalue weighted by molar-refractivity contribution is 5.85. The maximum absolute atomic E-state index is 10.6. The molecule has 0 spiro atoms. The van der Waals surface area contributed by atoms with E-state index in [2.05, 4.69) is 0 Å². The monoisotopic (exact) mass is 215 g/mol. The summed E-state index contributed by atoms with van der Waals surface area (Å²) < 4.78 is 0. The van der Waals surface area contributed by atoms with Gasteiger partial charge in [0.05, 0.1) is 0 Å². The Bertz CT molecular complexity index is 289. The normalized spacial score (nSPS) is 13.9. The Morgan fingerprint density at radius 1 is 1.36 bits per heavy atom. The van der Waals surface area contributed by atoms with Gasteiger partial charge in [-0.25, -0.2) is 0 Å². The second-order valence-electron chi connectivity index (χ2n) is 3.06. The first kappa shape index (κ1) is 12.9. The zero-order chi connectivity index (χ0) is 9.84. The summed E-state index contributed by atoms with van der Waals surface area (Å²) >= 11 is 0. The Morgan fingerprint density at radius 2 is 1.86 bits per heavy atom. The average molecular weight is 216 g/mol. The lowest BCUT2D eigenvalue weighted by molar-refractivity contribution is -0.139. The molecule has 4 heteroatoms. The zero-order valence-electron chi connectivity index (χ0n) is 7.88. The fourth-order valence-corrected chi connectivity index (χ4v) is 1.18. The number of nitrogens with two attached hydrogens (primary N) is 1. The Morgan fingerprint density at radius 3 is 2.29 bits per heavy atom. The summed E-state index contributed by atoms with van der Waals surface area (Å²) in [5.74, 6) is -1.12. The smallest absolute Gasteiger partial charge is 0.321 e. The summed E-state index contributed by atoms with van der Waals surface area (Å²) in [6.07, 6.45) is 0. The molecule has 1 aromatic carbocycles. The molecule has 2 atom stereocenters.